The fraction of sp³-hybridized carbons (Fsp3) is 0.600. The van der Waals surface area contributed by atoms with Gasteiger partial charge in [0, 0.05) is 21.8 Å². The van der Waals surface area contributed by atoms with E-state index in [1.165, 1.54) is 36.8 Å². The van der Waals surface area contributed by atoms with Crippen molar-refractivity contribution in [2.45, 2.75) is 43.9 Å². The topological polar surface area (TPSA) is 9.23 Å². The Morgan fingerprint density at radius 3 is 2.78 bits per heavy atom. The largest absolute Gasteiger partial charge is 0.493 e. The lowest BCUT2D eigenvalue weighted by Crippen LogP contribution is -2.18. The van der Waals surface area contributed by atoms with E-state index in [9.17, 15) is 0 Å². The summed E-state index contributed by atoms with van der Waals surface area (Å²) in [7, 11) is 0. The molecule has 0 spiro atoms. The molecule has 0 radical (unpaired) electrons. The molecule has 1 heterocycles. The Morgan fingerprint density at radius 2 is 2.06 bits per heavy atom. The van der Waals surface area contributed by atoms with Crippen molar-refractivity contribution in [1.29, 1.82) is 0 Å². The molecule has 0 saturated heterocycles. The number of halogens is 2. The standard InChI is InChI=1S/C15H18BrClO/c1-15(5-2-3-6-15)14(16)12-9-11(17)8-10-4-7-18-13(10)12/h8-9,14H,2-7H2,1H3. The van der Waals surface area contributed by atoms with Gasteiger partial charge in [0.05, 0.1) is 6.61 Å². The Bertz CT molecular complexity index is 466. The van der Waals surface area contributed by atoms with Crippen molar-refractivity contribution in [2.24, 2.45) is 5.41 Å². The predicted molar refractivity (Wildman–Crippen MR) is 78.9 cm³/mol. The molecule has 1 aliphatic heterocycles. The minimum Gasteiger partial charge on any atom is -0.493 e. The Labute approximate surface area is 122 Å². The number of hydrogen-bond donors (Lipinski definition) is 0. The molecule has 18 heavy (non-hydrogen) atoms. The average molecular weight is 330 g/mol. The third-order valence-electron chi connectivity index (χ3n) is 4.41. The Kier molecular flexibility index (Phi) is 3.36. The number of rotatable bonds is 2. The molecule has 0 bridgehead atoms. The van der Waals surface area contributed by atoms with E-state index >= 15 is 0 Å². The summed E-state index contributed by atoms with van der Waals surface area (Å²) in [5.41, 5.74) is 2.85. The van der Waals surface area contributed by atoms with Crippen LogP contribution in [0.1, 0.15) is 48.6 Å². The highest BCUT2D eigenvalue weighted by Crippen LogP contribution is 2.54. The summed E-state index contributed by atoms with van der Waals surface area (Å²) in [5, 5.41) is 0.834. The summed E-state index contributed by atoms with van der Waals surface area (Å²) >= 11 is 10.2. The lowest BCUT2D eigenvalue weighted by Gasteiger charge is -2.31. The number of ether oxygens (including phenoxy) is 1. The molecule has 1 aromatic carbocycles. The van der Waals surface area contributed by atoms with Crippen LogP contribution in [-0.4, -0.2) is 6.61 Å². The van der Waals surface area contributed by atoms with Crippen LogP contribution in [0, 0.1) is 5.41 Å². The third kappa shape index (κ3) is 2.08. The first kappa shape index (κ1) is 12.8. The van der Waals surface area contributed by atoms with E-state index in [0.29, 0.717) is 10.2 Å². The van der Waals surface area contributed by atoms with Crippen LogP contribution in [0.15, 0.2) is 12.1 Å². The van der Waals surface area contributed by atoms with Crippen LogP contribution < -0.4 is 4.74 Å². The van der Waals surface area contributed by atoms with Crippen LogP contribution in [0.5, 0.6) is 5.75 Å². The van der Waals surface area contributed by atoms with Crippen LogP contribution in [0.3, 0.4) is 0 Å². The van der Waals surface area contributed by atoms with Crippen LogP contribution in [-0.2, 0) is 6.42 Å². The van der Waals surface area contributed by atoms with E-state index < -0.39 is 0 Å². The highest BCUT2D eigenvalue weighted by molar-refractivity contribution is 9.09. The van der Waals surface area contributed by atoms with Gasteiger partial charge in [0.15, 0.2) is 0 Å². The highest BCUT2D eigenvalue weighted by Gasteiger charge is 2.38. The molecule has 0 amide bonds. The second-order valence-electron chi connectivity index (χ2n) is 5.81. The van der Waals surface area contributed by atoms with Gasteiger partial charge < -0.3 is 4.74 Å². The molecular weight excluding hydrogens is 312 g/mol. The molecule has 3 rings (SSSR count). The van der Waals surface area contributed by atoms with Gasteiger partial charge in [0.1, 0.15) is 5.75 Å². The smallest absolute Gasteiger partial charge is 0.127 e. The molecule has 1 nitrogen and oxygen atoms in total. The lowest BCUT2D eigenvalue weighted by atomic mass is 9.81. The van der Waals surface area contributed by atoms with Crippen LogP contribution in [0.25, 0.3) is 0 Å². The second-order valence-corrected chi connectivity index (χ2v) is 7.16. The van der Waals surface area contributed by atoms with Gasteiger partial charge in [-0.15, -0.1) is 0 Å². The average Bonchev–Trinajstić information content (AvgIpc) is 2.96. The number of alkyl halides is 1. The van der Waals surface area contributed by atoms with Crippen LogP contribution in [0.2, 0.25) is 5.02 Å². The minimum absolute atomic E-state index is 0.338. The second kappa shape index (κ2) is 4.72. The van der Waals surface area contributed by atoms with E-state index in [1.807, 2.05) is 6.07 Å². The fourth-order valence-electron chi connectivity index (χ4n) is 3.30. The fourth-order valence-corrected chi connectivity index (χ4v) is 4.34. The van der Waals surface area contributed by atoms with Crippen molar-refractivity contribution in [2.75, 3.05) is 6.61 Å². The zero-order valence-corrected chi connectivity index (χ0v) is 13.0. The molecule has 1 saturated carbocycles. The van der Waals surface area contributed by atoms with E-state index in [0.717, 1.165) is 23.8 Å². The van der Waals surface area contributed by atoms with Crippen LogP contribution >= 0.6 is 27.5 Å². The summed E-state index contributed by atoms with van der Waals surface area (Å²) in [6.45, 7) is 3.17. The van der Waals surface area contributed by atoms with Crippen molar-refractivity contribution in [3.63, 3.8) is 0 Å². The molecule has 1 fully saturated rings. The summed E-state index contributed by atoms with van der Waals surface area (Å²) in [6.07, 6.45) is 6.22. The van der Waals surface area contributed by atoms with Crippen LogP contribution in [0.4, 0.5) is 0 Å². The summed E-state index contributed by atoms with van der Waals surface area (Å²) < 4.78 is 5.82. The molecule has 1 unspecified atom stereocenters. The van der Waals surface area contributed by atoms with Crippen molar-refractivity contribution in [3.05, 3.63) is 28.3 Å². The first-order valence-corrected chi connectivity index (χ1v) is 7.99. The van der Waals surface area contributed by atoms with Gasteiger partial charge in [0.2, 0.25) is 0 Å². The summed E-state index contributed by atoms with van der Waals surface area (Å²) in [6, 6.07) is 4.12. The Balaban J connectivity index is 2.01. The lowest BCUT2D eigenvalue weighted by molar-refractivity contribution is 0.314. The van der Waals surface area contributed by atoms with E-state index in [4.69, 9.17) is 16.3 Å². The van der Waals surface area contributed by atoms with Gasteiger partial charge in [0.25, 0.3) is 0 Å². The number of hydrogen-bond acceptors (Lipinski definition) is 1. The highest BCUT2D eigenvalue weighted by atomic mass is 79.9. The van der Waals surface area contributed by atoms with Crippen molar-refractivity contribution in [1.82, 2.24) is 0 Å². The number of fused-ring (bicyclic) bond motifs is 1. The van der Waals surface area contributed by atoms with Gasteiger partial charge in [-0.05, 0) is 36.0 Å². The van der Waals surface area contributed by atoms with Gasteiger partial charge in [-0.25, -0.2) is 0 Å². The maximum atomic E-state index is 6.25. The Morgan fingerprint density at radius 1 is 1.33 bits per heavy atom. The summed E-state index contributed by atoms with van der Waals surface area (Å²) in [4.78, 5) is 0.345. The van der Waals surface area contributed by atoms with Gasteiger partial charge in [-0.1, -0.05) is 47.3 Å². The monoisotopic (exact) mass is 328 g/mol. The molecule has 0 aromatic heterocycles. The summed E-state index contributed by atoms with van der Waals surface area (Å²) in [5.74, 6) is 1.08. The molecule has 1 atom stereocenters. The third-order valence-corrected chi connectivity index (χ3v) is 6.22. The Hall–Kier alpha value is -0.210. The minimum atomic E-state index is 0.338. The first-order valence-electron chi connectivity index (χ1n) is 6.69. The molecule has 1 aliphatic carbocycles. The SMILES string of the molecule is CC1(C(Br)c2cc(Cl)cc3c2OCC3)CCCC1. The molecular formula is C15H18BrClO. The quantitative estimate of drug-likeness (QED) is 0.670. The molecule has 1 aromatic rings. The molecule has 2 aliphatic rings. The van der Waals surface area contributed by atoms with Gasteiger partial charge >= 0.3 is 0 Å². The molecule has 0 N–H and O–H groups in total. The predicted octanol–water partition coefficient (Wildman–Crippen LogP) is 5.29. The zero-order valence-electron chi connectivity index (χ0n) is 10.6. The van der Waals surface area contributed by atoms with E-state index in [1.54, 1.807) is 0 Å². The van der Waals surface area contributed by atoms with E-state index in [-0.39, 0.29) is 0 Å². The normalized spacial score (nSPS) is 22.6. The first-order chi connectivity index (χ1) is 8.60. The van der Waals surface area contributed by atoms with Crippen molar-refractivity contribution >= 4 is 27.5 Å². The van der Waals surface area contributed by atoms with Crippen molar-refractivity contribution in [3.8, 4) is 5.75 Å². The molecule has 3 heteroatoms. The van der Waals surface area contributed by atoms with Gasteiger partial charge in [-0.2, -0.15) is 0 Å². The maximum absolute atomic E-state index is 6.25. The zero-order chi connectivity index (χ0) is 12.8. The molecule has 98 valence electrons. The number of benzene rings is 1. The van der Waals surface area contributed by atoms with E-state index in [2.05, 4.69) is 28.9 Å². The van der Waals surface area contributed by atoms with Gasteiger partial charge in [-0.3, -0.25) is 0 Å². The van der Waals surface area contributed by atoms with Crippen molar-refractivity contribution < 1.29 is 4.74 Å². The maximum Gasteiger partial charge on any atom is 0.127 e.